The van der Waals surface area contributed by atoms with E-state index in [0.717, 1.165) is 6.42 Å². The van der Waals surface area contributed by atoms with E-state index in [0.29, 0.717) is 0 Å². The topological polar surface area (TPSA) is 27.7 Å². The molecule has 1 aliphatic rings. The average Bonchev–Trinajstić information content (AvgIpc) is 2.88. The molecule has 1 aliphatic carbocycles. The fourth-order valence-electron chi connectivity index (χ4n) is 2.62. The Morgan fingerprint density at radius 3 is 1.14 bits per heavy atom. The Kier molecular flexibility index (Phi) is 5.59. The molecule has 21 heavy (non-hydrogen) atoms. The molecule has 0 unspecified atom stereocenters. The van der Waals surface area contributed by atoms with Crippen molar-refractivity contribution in [3.63, 3.8) is 0 Å². The van der Waals surface area contributed by atoms with Crippen LogP contribution < -0.4 is 0 Å². The van der Waals surface area contributed by atoms with E-state index in [2.05, 4.69) is 69.2 Å². The van der Waals surface area contributed by atoms with Crippen molar-refractivity contribution in [3.8, 4) is 0 Å². The monoisotopic (exact) mass is 408 g/mol. The first-order chi connectivity index (χ1) is 9.14. The van der Waals surface area contributed by atoms with Crippen LogP contribution in [-0.4, -0.2) is 36.4 Å². The van der Waals surface area contributed by atoms with Crippen molar-refractivity contribution < 1.29 is 9.22 Å². The van der Waals surface area contributed by atoms with E-state index in [1.54, 1.807) is 0 Å². The number of hydrogen-bond donors (Lipinski definition) is 0. The van der Waals surface area contributed by atoms with Crippen LogP contribution in [0.3, 0.4) is 0 Å². The number of rotatable bonds is 5. The van der Waals surface area contributed by atoms with Crippen LogP contribution in [0.4, 0.5) is 0 Å². The fraction of sp³-hybridized carbons (Fsp3) is 1.00. The second kappa shape index (κ2) is 5.95. The Morgan fingerprint density at radius 1 is 0.714 bits per heavy atom. The minimum atomic E-state index is -3.75. The molecular weight excluding hydrogens is 371 g/mol. The molecule has 1 fully saturated rings. The van der Waals surface area contributed by atoms with E-state index in [1.807, 2.05) is 0 Å². The molecular formula is C17H36O3Sn. The van der Waals surface area contributed by atoms with Gasteiger partial charge in [0.05, 0.1) is 0 Å². The van der Waals surface area contributed by atoms with Gasteiger partial charge in [-0.15, -0.1) is 0 Å². The fourth-order valence-corrected chi connectivity index (χ4v) is 15.1. The van der Waals surface area contributed by atoms with E-state index in [-0.39, 0.29) is 20.2 Å². The van der Waals surface area contributed by atoms with E-state index < -0.39 is 19.6 Å². The van der Waals surface area contributed by atoms with Gasteiger partial charge in [-0.3, -0.25) is 0 Å². The zero-order chi connectivity index (χ0) is 16.7. The maximum atomic E-state index is 6.66. The van der Waals surface area contributed by atoms with E-state index in [9.17, 15) is 0 Å². The van der Waals surface area contributed by atoms with Crippen molar-refractivity contribution in [3.05, 3.63) is 0 Å². The molecule has 0 aromatic heterocycles. The number of hydrogen-bond acceptors (Lipinski definition) is 3. The van der Waals surface area contributed by atoms with Crippen LogP contribution in [-0.2, 0) is 9.22 Å². The van der Waals surface area contributed by atoms with Crippen molar-refractivity contribution in [2.75, 3.05) is 0 Å². The average molecular weight is 407 g/mol. The van der Waals surface area contributed by atoms with Gasteiger partial charge in [-0.25, -0.2) is 0 Å². The molecule has 3 nitrogen and oxygen atoms in total. The second-order valence-corrected chi connectivity index (χ2v) is 17.3. The first kappa shape index (κ1) is 19.7. The predicted molar refractivity (Wildman–Crippen MR) is 90.5 cm³/mol. The second-order valence-electron chi connectivity index (χ2n) is 9.33. The Morgan fingerprint density at radius 2 is 1.00 bits per heavy atom. The molecule has 0 amide bonds. The molecule has 0 heterocycles. The molecule has 0 bridgehead atoms. The molecule has 0 N–H and O–H groups in total. The van der Waals surface area contributed by atoms with Crippen molar-refractivity contribution in [1.82, 2.24) is 0 Å². The molecule has 4 heteroatoms. The molecule has 126 valence electrons. The summed E-state index contributed by atoms with van der Waals surface area (Å²) in [6, 6.07) is 0. The van der Waals surface area contributed by atoms with Crippen LogP contribution in [0, 0.1) is 0 Å². The molecule has 0 saturated heterocycles. The predicted octanol–water partition coefficient (Wildman–Crippen LogP) is 5.31. The van der Waals surface area contributed by atoms with Crippen molar-refractivity contribution >= 4 is 19.6 Å². The summed E-state index contributed by atoms with van der Waals surface area (Å²) in [5.41, 5.74) is -0.716. The zero-order valence-electron chi connectivity index (χ0n) is 15.8. The van der Waals surface area contributed by atoms with E-state index >= 15 is 0 Å². The van der Waals surface area contributed by atoms with Crippen molar-refractivity contribution in [2.45, 2.75) is 109 Å². The molecule has 0 aromatic rings. The van der Waals surface area contributed by atoms with Crippen LogP contribution in [0.1, 0.15) is 88.5 Å². The summed E-state index contributed by atoms with van der Waals surface area (Å²) in [4.78, 5) is 0. The summed E-state index contributed by atoms with van der Waals surface area (Å²) in [6.07, 6.45) is 3.45. The van der Waals surface area contributed by atoms with Gasteiger partial charge in [0.1, 0.15) is 0 Å². The van der Waals surface area contributed by atoms with Crippen LogP contribution >= 0.6 is 0 Å². The Labute approximate surface area is 137 Å². The SMILES string of the molecule is CC[C]1([Sn]([O]C(C)(C)C)([O]C(C)(C)C)[O]C(C)(C)C)CC1. The normalized spacial score (nSPS) is 19.7. The van der Waals surface area contributed by atoms with Crippen LogP contribution in [0.5, 0.6) is 0 Å². The first-order valence-corrected chi connectivity index (χ1v) is 13.2. The molecule has 0 spiro atoms. The quantitative estimate of drug-likeness (QED) is 0.578. The van der Waals surface area contributed by atoms with E-state index in [1.165, 1.54) is 12.8 Å². The zero-order valence-corrected chi connectivity index (χ0v) is 18.7. The standard InChI is InChI=1S/C5H9.3C4H9O.Sn/c1-2-5-3-4-5;3*1-4(2,3)5;/h2-4H2,1H3;3*1-3H3;/q;3*-1;+3. The summed E-state index contributed by atoms with van der Waals surface area (Å²) in [7, 11) is 0. The maximum absolute atomic E-state index is 6.66. The van der Waals surface area contributed by atoms with E-state index in [4.69, 9.17) is 9.22 Å². The van der Waals surface area contributed by atoms with Crippen molar-refractivity contribution in [1.29, 1.82) is 0 Å². The molecule has 1 saturated carbocycles. The first-order valence-electron chi connectivity index (χ1n) is 8.24. The Bertz CT molecular complexity index is 313. The van der Waals surface area contributed by atoms with Crippen molar-refractivity contribution in [2.24, 2.45) is 0 Å². The summed E-state index contributed by atoms with van der Waals surface area (Å²) >= 11 is -3.75. The Balaban J connectivity index is 3.27. The summed E-state index contributed by atoms with van der Waals surface area (Å²) in [5, 5.41) is 0. The molecule has 0 aliphatic heterocycles. The summed E-state index contributed by atoms with van der Waals surface area (Å²) < 4.78 is 20.2. The van der Waals surface area contributed by atoms with Gasteiger partial charge in [0.2, 0.25) is 0 Å². The van der Waals surface area contributed by atoms with Gasteiger partial charge in [-0.1, -0.05) is 0 Å². The van der Waals surface area contributed by atoms with Gasteiger partial charge in [-0.05, 0) is 0 Å². The van der Waals surface area contributed by atoms with Crippen LogP contribution in [0.25, 0.3) is 0 Å². The van der Waals surface area contributed by atoms with Gasteiger partial charge in [0.25, 0.3) is 0 Å². The van der Waals surface area contributed by atoms with Crippen LogP contribution in [0.2, 0.25) is 3.43 Å². The third kappa shape index (κ3) is 5.67. The van der Waals surface area contributed by atoms with Gasteiger partial charge < -0.3 is 0 Å². The summed E-state index contributed by atoms with van der Waals surface area (Å²) in [5.74, 6) is 0. The molecule has 1 rings (SSSR count). The van der Waals surface area contributed by atoms with Gasteiger partial charge in [0.15, 0.2) is 0 Å². The molecule has 0 radical (unpaired) electrons. The molecule has 0 atom stereocenters. The molecule has 0 aromatic carbocycles. The minimum absolute atomic E-state index is 0.169. The van der Waals surface area contributed by atoms with Gasteiger partial charge in [-0.2, -0.15) is 0 Å². The third-order valence-electron chi connectivity index (χ3n) is 3.50. The summed E-state index contributed by atoms with van der Waals surface area (Å²) in [6.45, 7) is 21.3. The Hall–Kier alpha value is 0.679. The third-order valence-corrected chi connectivity index (χ3v) is 17.2. The van der Waals surface area contributed by atoms with Crippen LogP contribution in [0.15, 0.2) is 0 Å². The van der Waals surface area contributed by atoms with Gasteiger partial charge in [0, 0.05) is 0 Å². The van der Waals surface area contributed by atoms with Gasteiger partial charge >= 0.3 is 138 Å².